The van der Waals surface area contributed by atoms with Crippen molar-refractivity contribution in [3.05, 3.63) is 55.6 Å². The number of hydrogen-bond acceptors (Lipinski definition) is 5. The molecule has 0 saturated carbocycles. The van der Waals surface area contributed by atoms with Crippen molar-refractivity contribution in [1.29, 1.82) is 0 Å². The third kappa shape index (κ3) is 3.47. The van der Waals surface area contributed by atoms with Crippen LogP contribution in [0.3, 0.4) is 0 Å². The SMILES string of the molecule is O=C(O)c1cnc(Nc2ccc(Cl)c(Br)c2)c([N+](=O)[O-])c1. The third-order valence-corrected chi connectivity index (χ3v) is 3.71. The van der Waals surface area contributed by atoms with Gasteiger partial charge >= 0.3 is 11.7 Å². The lowest BCUT2D eigenvalue weighted by atomic mass is 10.2. The number of benzene rings is 1. The molecule has 0 aliphatic rings. The summed E-state index contributed by atoms with van der Waals surface area (Å²) < 4.78 is 0.610. The number of rotatable bonds is 4. The first kappa shape index (κ1) is 15.2. The number of hydrogen-bond donors (Lipinski definition) is 2. The van der Waals surface area contributed by atoms with Crippen molar-refractivity contribution in [2.75, 3.05) is 5.32 Å². The van der Waals surface area contributed by atoms with E-state index < -0.39 is 16.6 Å². The molecule has 2 aromatic rings. The number of carboxylic acid groups (broad SMARTS) is 1. The molecular formula is C12H7BrClN3O4. The Morgan fingerprint density at radius 1 is 1.43 bits per heavy atom. The van der Waals surface area contributed by atoms with Gasteiger partial charge in [0.25, 0.3) is 0 Å². The lowest BCUT2D eigenvalue weighted by Crippen LogP contribution is -2.04. The van der Waals surface area contributed by atoms with Gasteiger partial charge in [0.2, 0.25) is 5.82 Å². The molecule has 0 unspecified atom stereocenters. The Morgan fingerprint density at radius 3 is 2.71 bits per heavy atom. The molecule has 9 heteroatoms. The van der Waals surface area contributed by atoms with Crippen LogP contribution in [-0.2, 0) is 0 Å². The number of nitrogens with one attached hydrogen (secondary N) is 1. The van der Waals surface area contributed by atoms with Crippen LogP contribution in [-0.4, -0.2) is 21.0 Å². The lowest BCUT2D eigenvalue weighted by Gasteiger charge is -2.07. The minimum Gasteiger partial charge on any atom is -0.478 e. The first-order valence-corrected chi connectivity index (χ1v) is 6.65. The van der Waals surface area contributed by atoms with Crippen LogP contribution in [0.2, 0.25) is 5.02 Å². The number of aromatic carboxylic acids is 1. The van der Waals surface area contributed by atoms with Gasteiger partial charge in [0.15, 0.2) is 0 Å². The maximum absolute atomic E-state index is 11.0. The number of aromatic nitrogens is 1. The van der Waals surface area contributed by atoms with E-state index in [4.69, 9.17) is 16.7 Å². The summed E-state index contributed by atoms with van der Waals surface area (Å²) in [6.45, 7) is 0. The average Bonchev–Trinajstić information content (AvgIpc) is 2.43. The number of carbonyl (C=O) groups is 1. The number of nitrogens with zero attached hydrogens (tertiary/aromatic N) is 2. The van der Waals surface area contributed by atoms with E-state index in [0.29, 0.717) is 15.2 Å². The quantitative estimate of drug-likeness (QED) is 0.624. The van der Waals surface area contributed by atoms with Gasteiger partial charge in [-0.25, -0.2) is 9.78 Å². The molecule has 108 valence electrons. The Balaban J connectivity index is 2.41. The van der Waals surface area contributed by atoms with Crippen molar-refractivity contribution >= 4 is 50.7 Å². The summed E-state index contributed by atoms with van der Waals surface area (Å²) in [5.74, 6) is -1.34. The molecule has 7 nitrogen and oxygen atoms in total. The van der Waals surface area contributed by atoms with Crippen molar-refractivity contribution in [2.24, 2.45) is 0 Å². The zero-order valence-electron chi connectivity index (χ0n) is 10.2. The summed E-state index contributed by atoms with van der Waals surface area (Å²) in [6, 6.07) is 5.79. The highest BCUT2D eigenvalue weighted by molar-refractivity contribution is 9.10. The molecule has 2 rings (SSSR count). The molecule has 1 heterocycles. The molecule has 0 bridgehead atoms. The normalized spacial score (nSPS) is 10.2. The van der Waals surface area contributed by atoms with Crippen LogP contribution in [0, 0.1) is 10.1 Å². The summed E-state index contributed by atoms with van der Waals surface area (Å²) in [7, 11) is 0. The molecule has 21 heavy (non-hydrogen) atoms. The summed E-state index contributed by atoms with van der Waals surface area (Å²) >= 11 is 9.09. The van der Waals surface area contributed by atoms with Gasteiger partial charge in [0.1, 0.15) is 0 Å². The van der Waals surface area contributed by atoms with Crippen molar-refractivity contribution in [3.8, 4) is 0 Å². The maximum Gasteiger partial charge on any atom is 0.337 e. The van der Waals surface area contributed by atoms with Crippen LogP contribution in [0.15, 0.2) is 34.9 Å². The minimum absolute atomic E-state index is 0.0563. The Hall–Kier alpha value is -2.19. The van der Waals surface area contributed by atoms with Gasteiger partial charge in [-0.1, -0.05) is 11.6 Å². The minimum atomic E-state index is -1.29. The van der Waals surface area contributed by atoms with Crippen molar-refractivity contribution in [3.63, 3.8) is 0 Å². The van der Waals surface area contributed by atoms with Gasteiger partial charge in [-0.3, -0.25) is 10.1 Å². The van der Waals surface area contributed by atoms with E-state index in [-0.39, 0.29) is 11.4 Å². The second kappa shape index (κ2) is 6.06. The number of nitro groups is 1. The van der Waals surface area contributed by atoms with Crippen LogP contribution in [0.25, 0.3) is 0 Å². The third-order valence-electron chi connectivity index (χ3n) is 2.49. The van der Waals surface area contributed by atoms with Crippen LogP contribution >= 0.6 is 27.5 Å². The largest absolute Gasteiger partial charge is 0.478 e. The topological polar surface area (TPSA) is 105 Å². The summed E-state index contributed by atoms with van der Waals surface area (Å²) in [4.78, 5) is 24.9. The molecule has 0 atom stereocenters. The van der Waals surface area contributed by atoms with Gasteiger partial charge in [-0.15, -0.1) is 0 Å². The first-order valence-electron chi connectivity index (χ1n) is 5.48. The van der Waals surface area contributed by atoms with Crippen LogP contribution in [0.1, 0.15) is 10.4 Å². The molecular weight excluding hydrogens is 366 g/mol. The average molecular weight is 373 g/mol. The molecule has 0 aliphatic heterocycles. The number of anilines is 2. The Bertz CT molecular complexity index is 738. The molecule has 0 fully saturated rings. The number of carboxylic acids is 1. The highest BCUT2D eigenvalue weighted by Gasteiger charge is 2.19. The Labute approximate surface area is 131 Å². The molecule has 1 aromatic carbocycles. The van der Waals surface area contributed by atoms with Crippen molar-refractivity contribution in [2.45, 2.75) is 0 Å². The number of pyridine rings is 1. The van der Waals surface area contributed by atoms with Gasteiger partial charge in [-0.2, -0.15) is 0 Å². The van der Waals surface area contributed by atoms with Crippen LogP contribution in [0.4, 0.5) is 17.2 Å². The first-order chi connectivity index (χ1) is 9.88. The van der Waals surface area contributed by atoms with Gasteiger partial charge in [0, 0.05) is 22.4 Å². The highest BCUT2D eigenvalue weighted by Crippen LogP contribution is 2.30. The summed E-state index contributed by atoms with van der Waals surface area (Å²) in [5, 5.41) is 23.1. The van der Waals surface area contributed by atoms with Gasteiger partial charge in [-0.05, 0) is 34.1 Å². The monoisotopic (exact) mass is 371 g/mol. The maximum atomic E-state index is 11.0. The van der Waals surface area contributed by atoms with Crippen molar-refractivity contribution in [1.82, 2.24) is 4.98 Å². The fourth-order valence-electron chi connectivity index (χ4n) is 1.52. The van der Waals surface area contributed by atoms with E-state index in [1.54, 1.807) is 18.2 Å². The van der Waals surface area contributed by atoms with Crippen LogP contribution in [0.5, 0.6) is 0 Å². The fraction of sp³-hybridized carbons (Fsp3) is 0. The molecule has 0 saturated heterocycles. The number of halogens is 2. The van der Waals surface area contributed by atoms with Crippen LogP contribution < -0.4 is 5.32 Å². The molecule has 1 aromatic heterocycles. The summed E-state index contributed by atoms with van der Waals surface area (Å²) in [5.41, 5.74) is -0.171. The molecule has 0 aliphatic carbocycles. The van der Waals surface area contributed by atoms with E-state index in [0.717, 1.165) is 12.3 Å². The van der Waals surface area contributed by atoms with Gasteiger partial charge < -0.3 is 10.4 Å². The second-order valence-electron chi connectivity index (χ2n) is 3.91. The van der Waals surface area contributed by atoms with E-state index in [1.165, 1.54) is 0 Å². The standard InChI is InChI=1S/C12H7BrClN3O4/c13-8-4-7(1-2-9(8)14)16-11-10(17(20)21)3-6(5-15-11)12(18)19/h1-5H,(H,15,16)(H,18,19). The zero-order valence-corrected chi connectivity index (χ0v) is 12.6. The molecule has 0 amide bonds. The smallest absolute Gasteiger partial charge is 0.337 e. The van der Waals surface area contributed by atoms with E-state index in [9.17, 15) is 14.9 Å². The molecule has 2 N–H and O–H groups in total. The Kier molecular flexibility index (Phi) is 4.39. The second-order valence-corrected chi connectivity index (χ2v) is 5.17. The van der Waals surface area contributed by atoms with E-state index >= 15 is 0 Å². The van der Waals surface area contributed by atoms with Crippen molar-refractivity contribution < 1.29 is 14.8 Å². The fourth-order valence-corrected chi connectivity index (χ4v) is 2.01. The molecule has 0 radical (unpaired) electrons. The Morgan fingerprint density at radius 2 is 2.14 bits per heavy atom. The van der Waals surface area contributed by atoms with Gasteiger partial charge in [0.05, 0.1) is 15.5 Å². The predicted octanol–water partition coefficient (Wildman–Crippen LogP) is 3.85. The zero-order chi connectivity index (χ0) is 15.6. The highest BCUT2D eigenvalue weighted by atomic mass is 79.9. The predicted molar refractivity (Wildman–Crippen MR) is 80.3 cm³/mol. The van der Waals surface area contributed by atoms with E-state index in [1.807, 2.05) is 0 Å². The van der Waals surface area contributed by atoms with E-state index in [2.05, 4.69) is 26.2 Å². The summed E-state index contributed by atoms with van der Waals surface area (Å²) in [6.07, 6.45) is 1.04. The molecule has 0 spiro atoms. The lowest BCUT2D eigenvalue weighted by molar-refractivity contribution is -0.384.